The fraction of sp³-hybridized carbons (Fsp3) is 0.700. The maximum atomic E-state index is 11.1. The Kier molecular flexibility index (Phi) is 10.6. The largest absolute Gasteiger partial charge is 0.469 e. The predicted octanol–water partition coefficient (Wildman–Crippen LogP) is 0.882. The van der Waals surface area contributed by atoms with Gasteiger partial charge < -0.3 is 14.6 Å². The van der Waals surface area contributed by atoms with Gasteiger partial charge in [-0.05, 0) is 13.0 Å². The van der Waals surface area contributed by atoms with E-state index in [9.17, 15) is 9.59 Å². The molecule has 1 aliphatic rings. The SMILES string of the molecule is CC.CN(C)C(=O)[CH-]N1CCCC1=O.[Y]. The fourth-order valence-corrected chi connectivity index (χ4v) is 1.05. The van der Waals surface area contributed by atoms with Gasteiger partial charge in [0.2, 0.25) is 0 Å². The Morgan fingerprint density at radius 2 is 1.93 bits per heavy atom. The van der Waals surface area contributed by atoms with Gasteiger partial charge in [0.1, 0.15) is 5.91 Å². The van der Waals surface area contributed by atoms with Crippen LogP contribution in [0.4, 0.5) is 0 Å². The molecule has 0 aliphatic carbocycles. The summed E-state index contributed by atoms with van der Waals surface area (Å²) in [5.41, 5.74) is 0. The Balaban J connectivity index is 0. The van der Waals surface area contributed by atoms with E-state index in [1.165, 1.54) is 16.3 Å². The van der Waals surface area contributed by atoms with Crippen LogP contribution in [-0.4, -0.2) is 42.3 Å². The van der Waals surface area contributed by atoms with Gasteiger partial charge in [-0.15, -0.1) is 0 Å². The van der Waals surface area contributed by atoms with Crippen LogP contribution in [0.25, 0.3) is 0 Å². The monoisotopic (exact) mass is 288 g/mol. The van der Waals surface area contributed by atoms with Crippen molar-refractivity contribution in [2.24, 2.45) is 0 Å². The molecule has 0 saturated carbocycles. The van der Waals surface area contributed by atoms with Crippen molar-refractivity contribution in [1.82, 2.24) is 9.80 Å². The van der Waals surface area contributed by atoms with Crippen LogP contribution in [0, 0.1) is 6.54 Å². The van der Waals surface area contributed by atoms with Gasteiger partial charge in [-0.1, -0.05) is 13.8 Å². The second-order valence-electron chi connectivity index (χ2n) is 3.05. The van der Waals surface area contributed by atoms with Gasteiger partial charge in [-0.3, -0.25) is 4.79 Å². The molecule has 4 nitrogen and oxygen atoms in total. The number of amides is 2. The molecule has 1 radical (unpaired) electrons. The predicted molar refractivity (Wildman–Crippen MR) is 55.3 cm³/mol. The quantitative estimate of drug-likeness (QED) is 0.708. The third kappa shape index (κ3) is 6.15. The average molecular weight is 288 g/mol. The van der Waals surface area contributed by atoms with Crippen LogP contribution in [0.15, 0.2) is 0 Å². The summed E-state index contributed by atoms with van der Waals surface area (Å²) in [4.78, 5) is 25.1. The van der Waals surface area contributed by atoms with Crippen LogP contribution in [0.5, 0.6) is 0 Å². The average Bonchev–Trinajstić information content (AvgIpc) is 2.55. The van der Waals surface area contributed by atoms with E-state index >= 15 is 0 Å². The van der Waals surface area contributed by atoms with Crippen molar-refractivity contribution in [2.75, 3.05) is 20.6 Å². The van der Waals surface area contributed by atoms with Gasteiger partial charge in [0.25, 0.3) is 0 Å². The Morgan fingerprint density at radius 3 is 2.27 bits per heavy atom. The number of rotatable bonds is 2. The van der Waals surface area contributed by atoms with Crippen molar-refractivity contribution >= 4 is 11.8 Å². The Labute approximate surface area is 117 Å². The summed E-state index contributed by atoms with van der Waals surface area (Å²) in [5, 5.41) is 0. The minimum absolute atomic E-state index is 0. The van der Waals surface area contributed by atoms with E-state index in [0.29, 0.717) is 13.0 Å². The summed E-state index contributed by atoms with van der Waals surface area (Å²) in [5.74, 6) is -0.0875. The molecule has 0 spiro atoms. The number of likely N-dealkylation sites (tertiary alicyclic amines) is 1. The van der Waals surface area contributed by atoms with Crippen molar-refractivity contribution < 1.29 is 42.3 Å². The van der Waals surface area contributed by atoms with Gasteiger partial charge in [-0.25, -0.2) is 6.54 Å². The number of carbonyl (C=O) groups excluding carboxylic acids is 2. The Hall–Kier alpha value is -0.0861. The first kappa shape index (κ1) is 17.3. The molecule has 5 heteroatoms. The molecular weight excluding hydrogens is 269 g/mol. The first-order valence-corrected chi connectivity index (χ1v) is 4.97. The molecule has 0 aromatic rings. The van der Waals surface area contributed by atoms with Crippen LogP contribution < -0.4 is 0 Å². The standard InChI is InChI=1S/C8H13N2O2.C2H6.Y/c1-9(2)8(12)6-10-5-3-4-7(10)11;1-2;/h6H,3-5H2,1-2H3;1-2H3;/q-1;;. The van der Waals surface area contributed by atoms with E-state index in [-0.39, 0.29) is 44.5 Å². The molecule has 0 bridgehead atoms. The summed E-state index contributed by atoms with van der Waals surface area (Å²) in [6.45, 7) is 6.05. The molecule has 1 aliphatic heterocycles. The molecule has 0 atom stereocenters. The molecule has 1 saturated heterocycles. The van der Waals surface area contributed by atoms with Crippen LogP contribution in [-0.2, 0) is 42.3 Å². The summed E-state index contributed by atoms with van der Waals surface area (Å²) in [6, 6.07) is 0. The van der Waals surface area contributed by atoms with Gasteiger partial charge >= 0.3 is 0 Å². The van der Waals surface area contributed by atoms with Crippen LogP contribution in [0.3, 0.4) is 0 Å². The number of likely N-dealkylation sites (N-methyl/N-ethyl adjacent to an activating group) is 1. The summed E-state index contributed by atoms with van der Waals surface area (Å²) in [6.07, 6.45) is 1.42. The van der Waals surface area contributed by atoms with E-state index in [0.717, 1.165) is 6.42 Å². The van der Waals surface area contributed by atoms with Crippen molar-refractivity contribution in [3.63, 3.8) is 0 Å². The third-order valence-corrected chi connectivity index (χ3v) is 1.82. The van der Waals surface area contributed by atoms with Crippen LogP contribution in [0.2, 0.25) is 0 Å². The maximum Gasteiger partial charge on any atom is 0.196 e. The van der Waals surface area contributed by atoms with E-state index in [4.69, 9.17) is 0 Å². The van der Waals surface area contributed by atoms with E-state index in [2.05, 4.69) is 0 Å². The van der Waals surface area contributed by atoms with Gasteiger partial charge in [0.05, 0.1) is 0 Å². The number of hydrogen-bond donors (Lipinski definition) is 0. The number of nitrogens with zero attached hydrogens (tertiary/aromatic N) is 2. The van der Waals surface area contributed by atoms with Gasteiger partial charge in [0.15, 0.2) is 5.91 Å². The zero-order valence-corrected chi connectivity index (χ0v) is 12.8. The second-order valence-corrected chi connectivity index (χ2v) is 3.05. The van der Waals surface area contributed by atoms with Crippen molar-refractivity contribution in [3.05, 3.63) is 6.54 Å². The molecule has 2 amide bonds. The van der Waals surface area contributed by atoms with Gasteiger partial charge in [0, 0.05) is 53.2 Å². The van der Waals surface area contributed by atoms with E-state index in [1.54, 1.807) is 14.1 Å². The smallest absolute Gasteiger partial charge is 0.196 e. The molecule has 1 heterocycles. The molecule has 0 unspecified atom stereocenters. The number of carbonyl (C=O) groups is 2. The summed E-state index contributed by atoms with van der Waals surface area (Å²) >= 11 is 0. The normalized spacial score (nSPS) is 13.6. The van der Waals surface area contributed by atoms with Crippen LogP contribution in [0.1, 0.15) is 26.7 Å². The summed E-state index contributed by atoms with van der Waals surface area (Å²) < 4.78 is 0. The molecule has 0 aromatic heterocycles. The third-order valence-electron chi connectivity index (χ3n) is 1.82. The van der Waals surface area contributed by atoms with Crippen molar-refractivity contribution in [2.45, 2.75) is 26.7 Å². The van der Waals surface area contributed by atoms with E-state index in [1.807, 2.05) is 13.8 Å². The molecule has 0 aromatic carbocycles. The molecule has 15 heavy (non-hydrogen) atoms. The minimum Gasteiger partial charge on any atom is -0.469 e. The van der Waals surface area contributed by atoms with Crippen molar-refractivity contribution in [1.29, 1.82) is 0 Å². The minimum atomic E-state index is -0.134. The first-order valence-electron chi connectivity index (χ1n) is 4.97. The molecule has 85 valence electrons. The summed E-state index contributed by atoms with van der Waals surface area (Å²) in [7, 11) is 3.33. The first-order chi connectivity index (χ1) is 6.61. The Bertz CT molecular complexity index is 208. The fourth-order valence-electron chi connectivity index (χ4n) is 1.05. The van der Waals surface area contributed by atoms with Crippen molar-refractivity contribution in [3.8, 4) is 0 Å². The topological polar surface area (TPSA) is 40.6 Å². The maximum absolute atomic E-state index is 11.1. The Morgan fingerprint density at radius 1 is 1.40 bits per heavy atom. The van der Waals surface area contributed by atoms with Gasteiger partial charge in [-0.2, -0.15) is 0 Å². The number of hydrogen-bond acceptors (Lipinski definition) is 2. The second kappa shape index (κ2) is 9.16. The molecule has 0 N–H and O–H groups in total. The zero-order valence-electron chi connectivity index (χ0n) is 9.99. The van der Waals surface area contributed by atoms with E-state index < -0.39 is 0 Å². The zero-order chi connectivity index (χ0) is 11.1. The molecule has 1 fully saturated rings. The molecule has 1 rings (SSSR count). The van der Waals surface area contributed by atoms with Crippen LogP contribution >= 0.6 is 0 Å². The molecular formula is C10H19N2O2Y-.